The van der Waals surface area contributed by atoms with Crippen molar-refractivity contribution in [1.82, 2.24) is 14.5 Å². The molecule has 3 rings (SSSR count). The number of aliphatic hydroxyl groups is 2. The Morgan fingerprint density at radius 3 is 2.95 bits per heavy atom. The van der Waals surface area contributed by atoms with Crippen molar-refractivity contribution in [1.29, 1.82) is 0 Å². The van der Waals surface area contributed by atoms with E-state index in [1.807, 2.05) is 0 Å². The number of alkyl halides is 1. The Hall–Kier alpha value is -1.77. The van der Waals surface area contributed by atoms with Crippen LogP contribution in [0.3, 0.4) is 0 Å². The van der Waals surface area contributed by atoms with E-state index in [0.717, 1.165) is 0 Å². The van der Waals surface area contributed by atoms with Gasteiger partial charge in [0.1, 0.15) is 29.5 Å². The molecule has 4 atom stereocenters. The molecule has 2 aromatic heterocycles. The summed E-state index contributed by atoms with van der Waals surface area (Å²) in [5.41, 5.74) is 4.39. The summed E-state index contributed by atoms with van der Waals surface area (Å²) >= 11 is 0. The first-order chi connectivity index (χ1) is 9.46. The number of rotatable bonds is 2. The Morgan fingerprint density at radius 2 is 2.30 bits per heavy atom. The molecule has 2 aromatic rings. The summed E-state index contributed by atoms with van der Waals surface area (Å²) in [5.74, 6) is 0.293. The minimum atomic E-state index is -1.78. The van der Waals surface area contributed by atoms with E-state index < -0.39 is 30.7 Å². The predicted octanol–water partition coefficient (Wildman–Crippen LogP) is -0.00770. The first kappa shape index (κ1) is 13.2. The molecular weight excluding hydrogens is 267 g/mol. The summed E-state index contributed by atoms with van der Waals surface area (Å²) in [6.45, 7) is 0.818. The van der Waals surface area contributed by atoms with Crippen molar-refractivity contribution in [3.05, 3.63) is 18.6 Å². The maximum Gasteiger partial charge on any atom is 0.167 e. The lowest BCUT2D eigenvalue weighted by molar-refractivity contribution is -0.0889. The van der Waals surface area contributed by atoms with Gasteiger partial charge >= 0.3 is 0 Å². The highest BCUT2D eigenvalue weighted by Gasteiger charge is 2.54. The van der Waals surface area contributed by atoms with Crippen LogP contribution < -0.4 is 5.73 Å². The van der Waals surface area contributed by atoms with Crippen LogP contribution in [-0.2, 0) is 4.74 Å². The molecule has 0 amide bonds. The smallest absolute Gasteiger partial charge is 0.167 e. The largest absolute Gasteiger partial charge is 0.394 e. The number of halogens is 1. The molecule has 0 spiro atoms. The van der Waals surface area contributed by atoms with Crippen LogP contribution in [0.1, 0.15) is 13.2 Å². The van der Waals surface area contributed by atoms with Crippen LogP contribution in [0.15, 0.2) is 18.6 Å². The van der Waals surface area contributed by atoms with Gasteiger partial charge in [0.2, 0.25) is 0 Å². The summed E-state index contributed by atoms with van der Waals surface area (Å²) in [5, 5.41) is 20.0. The van der Waals surface area contributed by atoms with Crippen LogP contribution in [0, 0.1) is 0 Å². The second-order valence-electron chi connectivity index (χ2n) is 5.06. The number of nitrogen functional groups attached to an aromatic ring is 1. The van der Waals surface area contributed by atoms with E-state index in [1.165, 1.54) is 17.8 Å². The van der Waals surface area contributed by atoms with Crippen LogP contribution in [-0.4, -0.2) is 49.2 Å². The number of anilines is 1. The van der Waals surface area contributed by atoms with E-state index in [4.69, 9.17) is 15.6 Å². The van der Waals surface area contributed by atoms with E-state index in [0.29, 0.717) is 16.9 Å². The molecule has 1 fully saturated rings. The number of fused-ring (bicyclic) bond motifs is 1. The second kappa shape index (κ2) is 4.37. The molecule has 0 radical (unpaired) electrons. The van der Waals surface area contributed by atoms with Gasteiger partial charge in [-0.05, 0) is 13.0 Å². The van der Waals surface area contributed by atoms with Gasteiger partial charge in [0.25, 0.3) is 0 Å². The summed E-state index contributed by atoms with van der Waals surface area (Å²) in [6, 6.07) is 1.67. The second-order valence-corrected chi connectivity index (χ2v) is 5.06. The molecule has 108 valence electrons. The van der Waals surface area contributed by atoms with Crippen molar-refractivity contribution >= 4 is 16.9 Å². The molecular formula is C12H15FN4O3. The number of aromatic nitrogens is 3. The van der Waals surface area contributed by atoms with Gasteiger partial charge in [-0.2, -0.15) is 0 Å². The van der Waals surface area contributed by atoms with Crippen LogP contribution in [0.2, 0.25) is 0 Å². The van der Waals surface area contributed by atoms with E-state index in [2.05, 4.69) is 9.97 Å². The van der Waals surface area contributed by atoms with E-state index in [1.54, 1.807) is 12.3 Å². The Morgan fingerprint density at radius 1 is 1.55 bits per heavy atom. The first-order valence-electron chi connectivity index (χ1n) is 6.16. The first-order valence-corrected chi connectivity index (χ1v) is 6.16. The standard InChI is InChI=1S/C12H15FN4O3/c1-12(19)8(13)7(4-18)20-11(12)17-3-2-6-9(14)15-5-16-10(6)17/h2-3,5,7-8,11,18-19H,4H2,1H3,(H2,14,15,16). The molecule has 1 saturated heterocycles. The Balaban J connectivity index is 2.10. The predicted molar refractivity (Wildman–Crippen MR) is 68.5 cm³/mol. The van der Waals surface area contributed by atoms with E-state index in [-0.39, 0.29) is 0 Å². The molecule has 0 saturated carbocycles. The number of aliphatic hydroxyl groups excluding tert-OH is 1. The summed E-state index contributed by atoms with van der Waals surface area (Å²) in [4.78, 5) is 7.95. The van der Waals surface area contributed by atoms with Crippen LogP contribution >= 0.6 is 0 Å². The Bertz CT molecular complexity index is 645. The summed E-state index contributed by atoms with van der Waals surface area (Å²) in [7, 11) is 0. The number of nitrogens with zero attached hydrogens (tertiary/aromatic N) is 3. The van der Waals surface area contributed by atoms with Crippen LogP contribution in [0.4, 0.5) is 10.2 Å². The normalized spacial score (nSPS) is 33.9. The molecule has 0 aromatic carbocycles. The summed E-state index contributed by atoms with van der Waals surface area (Å²) in [6.07, 6.45) is -0.891. The van der Waals surface area contributed by atoms with Crippen LogP contribution in [0.25, 0.3) is 11.0 Å². The fraction of sp³-hybridized carbons (Fsp3) is 0.500. The molecule has 8 heteroatoms. The zero-order chi connectivity index (χ0) is 14.5. The number of hydrogen-bond acceptors (Lipinski definition) is 6. The molecule has 3 heterocycles. The highest BCUT2D eigenvalue weighted by Crippen LogP contribution is 2.41. The monoisotopic (exact) mass is 282 g/mol. The number of nitrogens with two attached hydrogens (primary N) is 1. The van der Waals surface area contributed by atoms with Gasteiger partial charge in [-0.3, -0.25) is 0 Å². The molecule has 1 aliphatic heterocycles. The van der Waals surface area contributed by atoms with E-state index in [9.17, 15) is 9.50 Å². The van der Waals surface area contributed by atoms with Crippen molar-refractivity contribution in [3.63, 3.8) is 0 Å². The molecule has 0 aliphatic carbocycles. The third-order valence-electron chi connectivity index (χ3n) is 3.66. The third kappa shape index (κ3) is 1.69. The van der Waals surface area contributed by atoms with E-state index >= 15 is 0 Å². The third-order valence-corrected chi connectivity index (χ3v) is 3.66. The fourth-order valence-corrected chi connectivity index (χ4v) is 2.55. The molecule has 4 N–H and O–H groups in total. The zero-order valence-electron chi connectivity index (χ0n) is 10.8. The maximum atomic E-state index is 14.1. The number of ether oxygens (including phenoxy) is 1. The number of hydrogen-bond donors (Lipinski definition) is 3. The molecule has 4 unspecified atom stereocenters. The van der Waals surface area contributed by atoms with Gasteiger partial charge < -0.3 is 25.3 Å². The zero-order valence-corrected chi connectivity index (χ0v) is 10.8. The van der Waals surface area contributed by atoms with Gasteiger partial charge in [0, 0.05) is 6.20 Å². The average Bonchev–Trinajstić information content (AvgIpc) is 2.92. The van der Waals surface area contributed by atoms with Crippen molar-refractivity contribution in [2.24, 2.45) is 0 Å². The molecule has 1 aliphatic rings. The van der Waals surface area contributed by atoms with Gasteiger partial charge in [0.05, 0.1) is 12.0 Å². The SMILES string of the molecule is CC1(O)C(F)C(CO)OC1n1ccc2c(N)ncnc21. The topological polar surface area (TPSA) is 106 Å². The van der Waals surface area contributed by atoms with Crippen LogP contribution in [0.5, 0.6) is 0 Å². The molecule has 7 nitrogen and oxygen atoms in total. The fourth-order valence-electron chi connectivity index (χ4n) is 2.55. The minimum absolute atomic E-state index is 0.293. The van der Waals surface area contributed by atoms with Gasteiger partial charge in [-0.1, -0.05) is 0 Å². The summed E-state index contributed by atoms with van der Waals surface area (Å²) < 4.78 is 21.0. The highest BCUT2D eigenvalue weighted by molar-refractivity contribution is 5.86. The molecule has 0 bridgehead atoms. The lowest BCUT2D eigenvalue weighted by atomic mass is 9.98. The van der Waals surface area contributed by atoms with Crippen molar-refractivity contribution < 1.29 is 19.3 Å². The lowest BCUT2D eigenvalue weighted by Gasteiger charge is -2.26. The lowest BCUT2D eigenvalue weighted by Crippen LogP contribution is -2.41. The average molecular weight is 282 g/mol. The minimum Gasteiger partial charge on any atom is -0.394 e. The van der Waals surface area contributed by atoms with Gasteiger partial charge in [0.15, 0.2) is 12.4 Å². The van der Waals surface area contributed by atoms with Gasteiger partial charge in [-0.25, -0.2) is 14.4 Å². The quantitative estimate of drug-likeness (QED) is 0.715. The highest BCUT2D eigenvalue weighted by atomic mass is 19.1. The Labute approximate surface area is 113 Å². The van der Waals surface area contributed by atoms with Gasteiger partial charge in [-0.15, -0.1) is 0 Å². The Kier molecular flexibility index (Phi) is 2.89. The van der Waals surface area contributed by atoms with Crippen molar-refractivity contribution in [3.8, 4) is 0 Å². The molecule has 20 heavy (non-hydrogen) atoms. The van der Waals surface area contributed by atoms with Crippen molar-refractivity contribution in [2.45, 2.75) is 31.0 Å². The van der Waals surface area contributed by atoms with Crippen molar-refractivity contribution in [2.75, 3.05) is 12.3 Å². The maximum absolute atomic E-state index is 14.1.